The van der Waals surface area contributed by atoms with E-state index in [4.69, 9.17) is 5.11 Å². The zero-order valence-corrected chi connectivity index (χ0v) is 7.77. The highest BCUT2D eigenvalue weighted by Gasteiger charge is 2.26. The van der Waals surface area contributed by atoms with Crippen molar-refractivity contribution in [3.63, 3.8) is 0 Å². The maximum atomic E-state index is 10.1. The van der Waals surface area contributed by atoms with Crippen molar-refractivity contribution in [3.8, 4) is 0 Å². The molecule has 0 fully saturated rings. The standard InChI is InChI=1S/C8H17NO3/c1-5(2)6(3)8(11)7(4-10)9-12/h5-8,10-11H,4H2,1-3H3. The van der Waals surface area contributed by atoms with Crippen molar-refractivity contribution in [1.82, 2.24) is 0 Å². The van der Waals surface area contributed by atoms with Gasteiger partial charge in [0.05, 0.1) is 12.7 Å². The second-order valence-corrected chi connectivity index (χ2v) is 3.45. The molecule has 3 unspecified atom stereocenters. The van der Waals surface area contributed by atoms with Crippen LogP contribution in [0, 0.1) is 16.7 Å². The molecule has 2 N–H and O–H groups in total. The summed E-state index contributed by atoms with van der Waals surface area (Å²) in [6.45, 7) is 5.35. The van der Waals surface area contributed by atoms with Gasteiger partial charge in [0.25, 0.3) is 0 Å². The molecule has 72 valence electrons. The Morgan fingerprint density at radius 2 is 1.83 bits per heavy atom. The molecule has 0 bridgehead atoms. The van der Waals surface area contributed by atoms with Crippen molar-refractivity contribution < 1.29 is 10.2 Å². The highest BCUT2D eigenvalue weighted by Crippen LogP contribution is 2.18. The summed E-state index contributed by atoms with van der Waals surface area (Å²) >= 11 is 0. The Bertz CT molecular complexity index is 138. The van der Waals surface area contributed by atoms with E-state index in [0.717, 1.165) is 0 Å². The van der Waals surface area contributed by atoms with Crippen LogP contribution in [0.1, 0.15) is 20.8 Å². The Morgan fingerprint density at radius 1 is 1.33 bits per heavy atom. The van der Waals surface area contributed by atoms with E-state index >= 15 is 0 Å². The van der Waals surface area contributed by atoms with Crippen LogP contribution in [-0.2, 0) is 0 Å². The Hall–Kier alpha value is -0.480. The van der Waals surface area contributed by atoms with Crippen LogP contribution in [0.15, 0.2) is 5.18 Å². The van der Waals surface area contributed by atoms with Crippen LogP contribution >= 0.6 is 0 Å². The zero-order chi connectivity index (χ0) is 9.72. The molecular weight excluding hydrogens is 158 g/mol. The molecule has 12 heavy (non-hydrogen) atoms. The zero-order valence-electron chi connectivity index (χ0n) is 7.77. The van der Waals surface area contributed by atoms with Gasteiger partial charge in [-0.25, -0.2) is 0 Å². The summed E-state index contributed by atoms with van der Waals surface area (Å²) in [5, 5.41) is 20.8. The fourth-order valence-corrected chi connectivity index (χ4v) is 0.948. The highest BCUT2D eigenvalue weighted by molar-refractivity contribution is 4.79. The Labute approximate surface area is 72.6 Å². The molecule has 0 amide bonds. The molecule has 0 saturated heterocycles. The van der Waals surface area contributed by atoms with E-state index in [0.29, 0.717) is 0 Å². The molecule has 0 spiro atoms. The maximum absolute atomic E-state index is 10.1. The largest absolute Gasteiger partial charge is 0.394 e. The average molecular weight is 175 g/mol. The average Bonchev–Trinajstić information content (AvgIpc) is 2.05. The van der Waals surface area contributed by atoms with Gasteiger partial charge in [-0.05, 0) is 11.8 Å². The van der Waals surface area contributed by atoms with Crippen molar-refractivity contribution in [2.24, 2.45) is 17.0 Å². The maximum Gasteiger partial charge on any atom is 0.141 e. The molecule has 0 aliphatic carbocycles. The molecule has 0 aliphatic rings. The molecule has 0 aliphatic heterocycles. The Morgan fingerprint density at radius 3 is 2.08 bits per heavy atom. The number of nitroso groups, excluding NO2 is 1. The molecule has 0 saturated carbocycles. The van der Waals surface area contributed by atoms with Gasteiger partial charge in [0.2, 0.25) is 0 Å². The third kappa shape index (κ3) is 2.87. The van der Waals surface area contributed by atoms with Crippen LogP contribution in [0.4, 0.5) is 0 Å². The molecular formula is C8H17NO3. The minimum atomic E-state index is -0.887. The normalized spacial score (nSPS) is 18.8. The van der Waals surface area contributed by atoms with Crippen LogP contribution in [0.25, 0.3) is 0 Å². The molecule has 0 aromatic heterocycles. The first-order valence-corrected chi connectivity index (χ1v) is 4.16. The number of aliphatic hydroxyl groups is 2. The summed E-state index contributed by atoms with van der Waals surface area (Å²) < 4.78 is 0. The molecule has 0 aromatic carbocycles. The van der Waals surface area contributed by atoms with Crippen LogP contribution in [0.3, 0.4) is 0 Å². The molecule has 4 nitrogen and oxygen atoms in total. The van der Waals surface area contributed by atoms with Crippen molar-refractivity contribution in [1.29, 1.82) is 0 Å². The Kier molecular flexibility index (Phi) is 5.01. The monoisotopic (exact) mass is 175 g/mol. The number of rotatable bonds is 5. The van der Waals surface area contributed by atoms with E-state index in [-0.39, 0.29) is 18.4 Å². The van der Waals surface area contributed by atoms with E-state index in [1.807, 2.05) is 20.8 Å². The first-order valence-electron chi connectivity index (χ1n) is 4.16. The Balaban J connectivity index is 4.14. The van der Waals surface area contributed by atoms with Gasteiger partial charge in [0.15, 0.2) is 0 Å². The quantitative estimate of drug-likeness (QED) is 0.606. The number of aliphatic hydroxyl groups excluding tert-OH is 2. The lowest BCUT2D eigenvalue weighted by atomic mass is 9.89. The predicted octanol–water partition coefficient (Wildman–Crippen LogP) is 0.767. The summed E-state index contributed by atoms with van der Waals surface area (Å²) in [5.74, 6) is 0.246. The van der Waals surface area contributed by atoms with Gasteiger partial charge < -0.3 is 10.2 Å². The van der Waals surface area contributed by atoms with Gasteiger partial charge in [-0.15, -0.1) is 0 Å². The molecule has 0 radical (unpaired) electrons. The first-order chi connectivity index (χ1) is 5.54. The fourth-order valence-electron chi connectivity index (χ4n) is 0.948. The number of nitrogens with zero attached hydrogens (tertiary/aromatic N) is 1. The van der Waals surface area contributed by atoms with Gasteiger partial charge in [-0.2, -0.15) is 4.91 Å². The lowest BCUT2D eigenvalue weighted by Gasteiger charge is -2.24. The van der Waals surface area contributed by atoms with Crippen molar-refractivity contribution in [2.45, 2.75) is 32.9 Å². The molecule has 0 rings (SSSR count). The van der Waals surface area contributed by atoms with Crippen molar-refractivity contribution in [2.75, 3.05) is 6.61 Å². The fraction of sp³-hybridized carbons (Fsp3) is 1.00. The minimum absolute atomic E-state index is 0.0279. The van der Waals surface area contributed by atoms with Gasteiger partial charge in [-0.3, -0.25) is 0 Å². The molecule has 0 aromatic rings. The van der Waals surface area contributed by atoms with Crippen LogP contribution < -0.4 is 0 Å². The summed E-state index contributed by atoms with van der Waals surface area (Å²) in [7, 11) is 0. The molecule has 3 atom stereocenters. The first kappa shape index (κ1) is 11.5. The second kappa shape index (κ2) is 5.22. The minimum Gasteiger partial charge on any atom is -0.394 e. The second-order valence-electron chi connectivity index (χ2n) is 3.45. The van der Waals surface area contributed by atoms with Gasteiger partial charge in [-0.1, -0.05) is 25.9 Å². The topological polar surface area (TPSA) is 69.9 Å². The summed E-state index contributed by atoms with van der Waals surface area (Å²) in [4.78, 5) is 10.1. The summed E-state index contributed by atoms with van der Waals surface area (Å²) in [6, 6.07) is -0.887. The van der Waals surface area contributed by atoms with Crippen LogP contribution in [0.5, 0.6) is 0 Å². The van der Waals surface area contributed by atoms with Crippen molar-refractivity contribution >= 4 is 0 Å². The van der Waals surface area contributed by atoms with Crippen molar-refractivity contribution in [3.05, 3.63) is 4.91 Å². The van der Waals surface area contributed by atoms with E-state index in [9.17, 15) is 10.0 Å². The van der Waals surface area contributed by atoms with Gasteiger partial charge >= 0.3 is 0 Å². The highest BCUT2D eigenvalue weighted by atomic mass is 16.3. The van der Waals surface area contributed by atoms with Crippen LogP contribution in [0.2, 0.25) is 0 Å². The number of hydrogen-bond donors (Lipinski definition) is 2. The van der Waals surface area contributed by atoms with E-state index < -0.39 is 12.1 Å². The van der Waals surface area contributed by atoms with E-state index in [2.05, 4.69) is 5.18 Å². The van der Waals surface area contributed by atoms with Gasteiger partial charge in [0.1, 0.15) is 6.04 Å². The SMILES string of the molecule is CC(C)C(C)C(O)C(CO)N=O. The third-order valence-corrected chi connectivity index (χ3v) is 2.31. The summed E-state index contributed by atoms with van der Waals surface area (Å²) in [5.41, 5.74) is 0. The predicted molar refractivity (Wildman–Crippen MR) is 46.7 cm³/mol. The number of hydrogen-bond acceptors (Lipinski definition) is 4. The van der Waals surface area contributed by atoms with E-state index in [1.165, 1.54) is 0 Å². The van der Waals surface area contributed by atoms with Gasteiger partial charge in [0, 0.05) is 0 Å². The third-order valence-electron chi connectivity index (χ3n) is 2.31. The lowest BCUT2D eigenvalue weighted by Crippen LogP contribution is -2.35. The smallest absolute Gasteiger partial charge is 0.141 e. The van der Waals surface area contributed by atoms with Crippen LogP contribution in [-0.4, -0.2) is 29.0 Å². The summed E-state index contributed by atoms with van der Waals surface area (Å²) in [6.07, 6.45) is -0.840. The van der Waals surface area contributed by atoms with E-state index in [1.54, 1.807) is 0 Å². The molecule has 0 heterocycles. The molecule has 4 heteroatoms. The lowest BCUT2D eigenvalue weighted by molar-refractivity contribution is 0.0478.